The van der Waals surface area contributed by atoms with Crippen LogP contribution in [0.1, 0.15) is 45.4 Å². The SMILES string of the molecule is CCC1CCCN(C2CCN(c3cccc([N+](=O)[O-])c3)CC2)CC1. The molecular formula is C19H29N3O2. The van der Waals surface area contributed by atoms with E-state index in [4.69, 9.17) is 0 Å². The van der Waals surface area contributed by atoms with Gasteiger partial charge in [0.2, 0.25) is 0 Å². The summed E-state index contributed by atoms with van der Waals surface area (Å²) in [6, 6.07) is 7.75. The van der Waals surface area contributed by atoms with Crippen LogP contribution < -0.4 is 4.90 Å². The van der Waals surface area contributed by atoms with Crippen molar-refractivity contribution in [3.63, 3.8) is 0 Å². The molecule has 2 aliphatic rings. The molecule has 1 atom stereocenters. The van der Waals surface area contributed by atoms with Crippen molar-refractivity contribution in [2.75, 3.05) is 31.1 Å². The quantitative estimate of drug-likeness (QED) is 0.616. The summed E-state index contributed by atoms with van der Waals surface area (Å²) in [4.78, 5) is 15.7. The molecule has 1 unspecified atom stereocenters. The van der Waals surface area contributed by atoms with Gasteiger partial charge in [0.05, 0.1) is 4.92 Å². The maximum atomic E-state index is 11.0. The van der Waals surface area contributed by atoms with Crippen molar-refractivity contribution in [3.05, 3.63) is 34.4 Å². The van der Waals surface area contributed by atoms with Gasteiger partial charge in [0, 0.05) is 37.0 Å². The maximum absolute atomic E-state index is 11.0. The number of likely N-dealkylation sites (tertiary alicyclic amines) is 1. The fraction of sp³-hybridized carbons (Fsp3) is 0.684. The largest absolute Gasteiger partial charge is 0.371 e. The predicted octanol–water partition coefficient (Wildman–Crippen LogP) is 4.08. The maximum Gasteiger partial charge on any atom is 0.271 e. The summed E-state index contributed by atoms with van der Waals surface area (Å²) in [5.74, 6) is 0.917. The molecule has 2 aliphatic heterocycles. The Morgan fingerprint density at radius 3 is 2.62 bits per heavy atom. The minimum Gasteiger partial charge on any atom is -0.371 e. The lowest BCUT2D eigenvalue weighted by Crippen LogP contribution is -2.45. The molecule has 2 saturated heterocycles. The minimum absolute atomic E-state index is 0.188. The van der Waals surface area contributed by atoms with Gasteiger partial charge >= 0.3 is 0 Å². The third-order valence-corrected chi connectivity index (χ3v) is 5.85. The molecule has 0 radical (unpaired) electrons. The van der Waals surface area contributed by atoms with Gasteiger partial charge in [-0.15, -0.1) is 0 Å². The summed E-state index contributed by atoms with van der Waals surface area (Å²) >= 11 is 0. The first kappa shape index (κ1) is 17.2. The zero-order valence-corrected chi connectivity index (χ0v) is 14.7. The monoisotopic (exact) mass is 331 g/mol. The Balaban J connectivity index is 1.56. The Morgan fingerprint density at radius 1 is 1.12 bits per heavy atom. The van der Waals surface area contributed by atoms with Crippen molar-refractivity contribution in [1.29, 1.82) is 0 Å². The van der Waals surface area contributed by atoms with Gasteiger partial charge in [0.25, 0.3) is 5.69 Å². The summed E-state index contributed by atoms with van der Waals surface area (Å²) < 4.78 is 0. The fourth-order valence-corrected chi connectivity index (χ4v) is 4.25. The third kappa shape index (κ3) is 4.07. The number of anilines is 1. The minimum atomic E-state index is -0.308. The standard InChI is InChI=1S/C19H29N3O2/c1-2-16-5-4-11-20(12-8-16)17-9-13-21(14-10-17)18-6-3-7-19(15-18)22(23)24/h3,6-7,15-17H,2,4-5,8-14H2,1H3. The van der Waals surface area contributed by atoms with E-state index >= 15 is 0 Å². The number of hydrogen-bond acceptors (Lipinski definition) is 4. The molecule has 5 heteroatoms. The smallest absolute Gasteiger partial charge is 0.271 e. The number of non-ortho nitro benzene ring substituents is 1. The topological polar surface area (TPSA) is 49.6 Å². The third-order valence-electron chi connectivity index (χ3n) is 5.85. The molecule has 2 fully saturated rings. The second-order valence-corrected chi connectivity index (χ2v) is 7.24. The molecule has 0 aromatic heterocycles. The van der Waals surface area contributed by atoms with Crippen LogP contribution in [-0.4, -0.2) is 42.0 Å². The highest BCUT2D eigenvalue weighted by atomic mass is 16.6. The Kier molecular flexibility index (Phi) is 5.72. The van der Waals surface area contributed by atoms with Gasteiger partial charge in [-0.1, -0.05) is 19.4 Å². The number of nitro groups is 1. The molecule has 5 nitrogen and oxygen atoms in total. The number of nitrogens with zero attached hydrogens (tertiary/aromatic N) is 3. The first-order valence-corrected chi connectivity index (χ1v) is 9.41. The number of hydrogen-bond donors (Lipinski definition) is 0. The van der Waals surface area contributed by atoms with E-state index in [-0.39, 0.29) is 10.6 Å². The Hall–Kier alpha value is -1.62. The lowest BCUT2D eigenvalue weighted by molar-refractivity contribution is -0.384. The summed E-state index contributed by atoms with van der Waals surface area (Å²) in [6.07, 6.45) is 7.72. The second kappa shape index (κ2) is 7.97. The number of benzene rings is 1. The average Bonchev–Trinajstić information content (AvgIpc) is 2.87. The normalized spacial score (nSPS) is 23.9. The average molecular weight is 331 g/mol. The molecule has 24 heavy (non-hydrogen) atoms. The fourth-order valence-electron chi connectivity index (χ4n) is 4.25. The highest BCUT2D eigenvalue weighted by Gasteiger charge is 2.27. The molecular weight excluding hydrogens is 302 g/mol. The van der Waals surface area contributed by atoms with Gasteiger partial charge in [-0.3, -0.25) is 10.1 Å². The molecule has 0 aliphatic carbocycles. The number of rotatable bonds is 4. The molecule has 2 heterocycles. The van der Waals surface area contributed by atoms with Crippen LogP contribution in [-0.2, 0) is 0 Å². The van der Waals surface area contributed by atoms with E-state index in [1.54, 1.807) is 18.2 Å². The second-order valence-electron chi connectivity index (χ2n) is 7.24. The molecule has 0 spiro atoms. The molecule has 1 aromatic rings. The van der Waals surface area contributed by atoms with Crippen LogP contribution in [0.4, 0.5) is 11.4 Å². The molecule has 3 rings (SSSR count). The van der Waals surface area contributed by atoms with Crippen LogP contribution in [0.15, 0.2) is 24.3 Å². The molecule has 0 saturated carbocycles. The van der Waals surface area contributed by atoms with Gasteiger partial charge in [-0.05, 0) is 57.2 Å². The summed E-state index contributed by atoms with van der Waals surface area (Å²) in [5, 5.41) is 11.0. The Labute approximate surface area is 144 Å². The van der Waals surface area contributed by atoms with Crippen LogP contribution in [0.5, 0.6) is 0 Å². The van der Waals surface area contributed by atoms with E-state index < -0.39 is 0 Å². The lowest BCUT2D eigenvalue weighted by Gasteiger charge is -2.39. The highest BCUT2D eigenvalue weighted by Crippen LogP contribution is 2.28. The number of nitro benzene ring substituents is 1. The van der Waals surface area contributed by atoms with Gasteiger partial charge in [-0.25, -0.2) is 0 Å². The van der Waals surface area contributed by atoms with Crippen molar-refractivity contribution in [1.82, 2.24) is 4.90 Å². The van der Waals surface area contributed by atoms with Crippen LogP contribution in [0.3, 0.4) is 0 Å². The van der Waals surface area contributed by atoms with Gasteiger partial charge in [0.1, 0.15) is 0 Å². The zero-order valence-electron chi connectivity index (χ0n) is 14.7. The highest BCUT2D eigenvalue weighted by molar-refractivity contribution is 5.53. The van der Waals surface area contributed by atoms with Crippen LogP contribution >= 0.6 is 0 Å². The Bertz CT molecular complexity index is 555. The Morgan fingerprint density at radius 2 is 1.92 bits per heavy atom. The molecule has 0 bridgehead atoms. The summed E-state index contributed by atoms with van der Waals surface area (Å²) in [7, 11) is 0. The van der Waals surface area contributed by atoms with E-state index in [1.807, 2.05) is 6.07 Å². The van der Waals surface area contributed by atoms with Crippen molar-refractivity contribution in [3.8, 4) is 0 Å². The van der Waals surface area contributed by atoms with Crippen LogP contribution in [0, 0.1) is 16.0 Å². The molecule has 0 amide bonds. The molecule has 1 aromatic carbocycles. The van der Waals surface area contributed by atoms with E-state index in [9.17, 15) is 10.1 Å². The van der Waals surface area contributed by atoms with E-state index in [0.717, 1.165) is 24.7 Å². The first-order valence-electron chi connectivity index (χ1n) is 9.41. The first-order chi connectivity index (χ1) is 11.7. The van der Waals surface area contributed by atoms with Crippen molar-refractivity contribution in [2.24, 2.45) is 5.92 Å². The predicted molar refractivity (Wildman–Crippen MR) is 97.5 cm³/mol. The van der Waals surface area contributed by atoms with Crippen molar-refractivity contribution in [2.45, 2.75) is 51.5 Å². The van der Waals surface area contributed by atoms with Gasteiger partial charge in [-0.2, -0.15) is 0 Å². The van der Waals surface area contributed by atoms with E-state index in [0.29, 0.717) is 6.04 Å². The van der Waals surface area contributed by atoms with Gasteiger partial charge < -0.3 is 9.80 Å². The van der Waals surface area contributed by atoms with E-state index in [1.165, 1.54) is 51.6 Å². The lowest BCUT2D eigenvalue weighted by atomic mass is 9.98. The van der Waals surface area contributed by atoms with Crippen LogP contribution in [0.2, 0.25) is 0 Å². The molecule has 0 N–H and O–H groups in total. The summed E-state index contributed by atoms with van der Waals surface area (Å²) in [5.41, 5.74) is 1.18. The summed E-state index contributed by atoms with van der Waals surface area (Å²) in [6.45, 7) is 6.81. The van der Waals surface area contributed by atoms with Gasteiger partial charge in [0.15, 0.2) is 0 Å². The van der Waals surface area contributed by atoms with Crippen LogP contribution in [0.25, 0.3) is 0 Å². The zero-order chi connectivity index (χ0) is 16.9. The van der Waals surface area contributed by atoms with E-state index in [2.05, 4.69) is 16.7 Å². The van der Waals surface area contributed by atoms with Crippen molar-refractivity contribution < 1.29 is 4.92 Å². The van der Waals surface area contributed by atoms with Crippen molar-refractivity contribution >= 4 is 11.4 Å². The molecule has 132 valence electrons. The number of piperidine rings is 1.